The van der Waals surface area contributed by atoms with E-state index in [2.05, 4.69) is 10.0 Å². The second-order valence-electron chi connectivity index (χ2n) is 6.43. The van der Waals surface area contributed by atoms with Crippen molar-refractivity contribution in [1.29, 1.82) is 0 Å². The standard InChI is InChI=1S/C20H24N2O5S/c1-4-10-28(25,26)22-18-7-5-6-16(12-18)20(24)27-13-19(23)21-17-9-8-14(2)15(3)11-17/h5-9,11-12,22H,4,10,13H2,1-3H3,(H,21,23). The number of esters is 1. The molecular formula is C20H24N2O5S. The van der Waals surface area contributed by atoms with Crippen LogP contribution >= 0.6 is 0 Å². The van der Waals surface area contributed by atoms with Crippen LogP contribution in [0.25, 0.3) is 0 Å². The average molecular weight is 404 g/mol. The molecule has 2 N–H and O–H groups in total. The van der Waals surface area contributed by atoms with Gasteiger partial charge in [0, 0.05) is 11.4 Å². The highest BCUT2D eigenvalue weighted by Gasteiger charge is 2.13. The third-order valence-electron chi connectivity index (χ3n) is 3.97. The van der Waals surface area contributed by atoms with Crippen LogP contribution in [0.3, 0.4) is 0 Å². The van der Waals surface area contributed by atoms with Gasteiger partial charge >= 0.3 is 5.97 Å². The topological polar surface area (TPSA) is 102 Å². The minimum atomic E-state index is -3.46. The molecule has 0 fully saturated rings. The van der Waals surface area contributed by atoms with Gasteiger partial charge in [-0.15, -0.1) is 0 Å². The molecule has 0 aliphatic rings. The smallest absolute Gasteiger partial charge is 0.338 e. The molecule has 0 aromatic heterocycles. The normalized spacial score (nSPS) is 11.0. The van der Waals surface area contributed by atoms with Gasteiger partial charge < -0.3 is 10.1 Å². The van der Waals surface area contributed by atoms with Crippen LogP contribution in [0.5, 0.6) is 0 Å². The Kier molecular flexibility index (Phi) is 7.17. The monoisotopic (exact) mass is 404 g/mol. The van der Waals surface area contributed by atoms with Crippen molar-refractivity contribution >= 4 is 33.3 Å². The number of carbonyl (C=O) groups is 2. The molecule has 8 heteroatoms. The van der Waals surface area contributed by atoms with E-state index in [1.807, 2.05) is 26.0 Å². The summed E-state index contributed by atoms with van der Waals surface area (Å²) < 4.78 is 31.1. The largest absolute Gasteiger partial charge is 0.452 e. The summed E-state index contributed by atoms with van der Waals surface area (Å²) in [6, 6.07) is 11.4. The third-order valence-corrected chi connectivity index (χ3v) is 5.46. The van der Waals surface area contributed by atoms with Crippen molar-refractivity contribution in [3.63, 3.8) is 0 Å². The van der Waals surface area contributed by atoms with Crippen LogP contribution in [0.15, 0.2) is 42.5 Å². The molecule has 0 unspecified atom stereocenters. The summed E-state index contributed by atoms with van der Waals surface area (Å²) in [7, 11) is -3.46. The summed E-state index contributed by atoms with van der Waals surface area (Å²) in [5, 5.41) is 2.67. The summed E-state index contributed by atoms with van der Waals surface area (Å²) in [5.74, 6) is -1.19. The van der Waals surface area contributed by atoms with Gasteiger partial charge in [0.25, 0.3) is 5.91 Å². The average Bonchev–Trinajstić information content (AvgIpc) is 2.62. The van der Waals surface area contributed by atoms with Gasteiger partial charge in [-0.3, -0.25) is 9.52 Å². The lowest BCUT2D eigenvalue weighted by Crippen LogP contribution is -2.21. The molecule has 0 atom stereocenters. The zero-order valence-corrected chi connectivity index (χ0v) is 16.9. The Hall–Kier alpha value is -2.87. The second-order valence-corrected chi connectivity index (χ2v) is 8.27. The predicted octanol–water partition coefficient (Wildman–Crippen LogP) is 3.25. The fourth-order valence-electron chi connectivity index (χ4n) is 2.44. The minimum absolute atomic E-state index is 0.0136. The molecule has 28 heavy (non-hydrogen) atoms. The molecule has 0 saturated carbocycles. The number of aryl methyl sites for hydroxylation is 2. The summed E-state index contributed by atoms with van der Waals surface area (Å²) in [5.41, 5.74) is 3.19. The number of amides is 1. The highest BCUT2D eigenvalue weighted by molar-refractivity contribution is 7.92. The molecule has 0 heterocycles. The van der Waals surface area contributed by atoms with Gasteiger partial charge in [-0.2, -0.15) is 0 Å². The van der Waals surface area contributed by atoms with Crippen LogP contribution in [0.4, 0.5) is 11.4 Å². The van der Waals surface area contributed by atoms with E-state index in [9.17, 15) is 18.0 Å². The van der Waals surface area contributed by atoms with Gasteiger partial charge in [0.1, 0.15) is 0 Å². The Morgan fingerprint density at radius 1 is 1.00 bits per heavy atom. The van der Waals surface area contributed by atoms with Crippen LogP contribution in [0, 0.1) is 13.8 Å². The van der Waals surface area contributed by atoms with Gasteiger partial charge in [-0.1, -0.05) is 19.1 Å². The number of carbonyl (C=O) groups excluding carboxylic acids is 2. The lowest BCUT2D eigenvalue weighted by molar-refractivity contribution is -0.119. The van der Waals surface area contributed by atoms with Gasteiger partial charge in [0.15, 0.2) is 6.61 Å². The molecule has 0 aliphatic heterocycles. The number of anilines is 2. The predicted molar refractivity (Wildman–Crippen MR) is 109 cm³/mol. The number of sulfonamides is 1. The van der Waals surface area contributed by atoms with E-state index in [1.165, 1.54) is 24.3 Å². The maximum Gasteiger partial charge on any atom is 0.338 e. The van der Waals surface area contributed by atoms with Gasteiger partial charge in [-0.25, -0.2) is 13.2 Å². The van der Waals surface area contributed by atoms with Crippen molar-refractivity contribution in [3.8, 4) is 0 Å². The molecule has 0 bridgehead atoms. The lowest BCUT2D eigenvalue weighted by Gasteiger charge is -2.10. The molecule has 2 aromatic carbocycles. The first-order valence-electron chi connectivity index (χ1n) is 8.85. The van der Waals surface area contributed by atoms with E-state index in [0.29, 0.717) is 12.1 Å². The SMILES string of the molecule is CCCS(=O)(=O)Nc1cccc(C(=O)OCC(=O)Nc2ccc(C)c(C)c2)c1. The highest BCUT2D eigenvalue weighted by Crippen LogP contribution is 2.15. The molecule has 1 amide bonds. The Labute approximate surface area is 165 Å². The van der Waals surface area contributed by atoms with Crippen molar-refractivity contribution in [1.82, 2.24) is 0 Å². The zero-order valence-electron chi connectivity index (χ0n) is 16.1. The van der Waals surface area contributed by atoms with Gasteiger partial charge in [-0.05, 0) is 61.7 Å². The molecule has 0 aliphatic carbocycles. The Morgan fingerprint density at radius 2 is 1.75 bits per heavy atom. The zero-order chi connectivity index (χ0) is 20.7. The van der Waals surface area contributed by atoms with Gasteiger partial charge in [0.2, 0.25) is 10.0 Å². The summed E-state index contributed by atoms with van der Waals surface area (Å²) in [4.78, 5) is 24.2. The van der Waals surface area contributed by atoms with E-state index in [4.69, 9.17) is 4.74 Å². The number of hydrogen-bond donors (Lipinski definition) is 2. The third kappa shape index (κ3) is 6.38. The van der Waals surface area contributed by atoms with Crippen LogP contribution in [-0.4, -0.2) is 32.7 Å². The van der Waals surface area contributed by atoms with Crippen LogP contribution in [0.2, 0.25) is 0 Å². The minimum Gasteiger partial charge on any atom is -0.452 e. The molecule has 2 aromatic rings. The van der Waals surface area contributed by atoms with Crippen LogP contribution in [-0.2, 0) is 19.6 Å². The summed E-state index contributed by atoms with van der Waals surface area (Å²) >= 11 is 0. The first-order chi connectivity index (χ1) is 13.2. The Morgan fingerprint density at radius 3 is 2.43 bits per heavy atom. The lowest BCUT2D eigenvalue weighted by atomic mass is 10.1. The second kappa shape index (κ2) is 9.36. The number of hydrogen-bond acceptors (Lipinski definition) is 5. The van der Waals surface area contributed by atoms with Crippen molar-refractivity contribution < 1.29 is 22.7 Å². The van der Waals surface area contributed by atoms with Crippen molar-refractivity contribution in [2.24, 2.45) is 0 Å². The molecule has 0 saturated heterocycles. The maximum atomic E-state index is 12.2. The first-order valence-corrected chi connectivity index (χ1v) is 10.5. The molecule has 0 radical (unpaired) electrons. The fourth-order valence-corrected chi connectivity index (χ4v) is 3.57. The summed E-state index contributed by atoms with van der Waals surface area (Å²) in [6.45, 7) is 5.22. The quantitative estimate of drug-likeness (QED) is 0.658. The van der Waals surface area contributed by atoms with Crippen molar-refractivity contribution in [3.05, 3.63) is 59.2 Å². The Balaban J connectivity index is 1.94. The number of benzene rings is 2. The van der Waals surface area contributed by atoms with E-state index in [1.54, 1.807) is 13.0 Å². The number of rotatable bonds is 8. The number of nitrogens with one attached hydrogen (secondary N) is 2. The fraction of sp³-hybridized carbons (Fsp3) is 0.300. The van der Waals surface area contributed by atoms with Crippen LogP contribution in [0.1, 0.15) is 34.8 Å². The molecular weight excluding hydrogens is 380 g/mol. The first kappa shape index (κ1) is 21.4. The Bertz CT molecular complexity index is 970. The molecule has 150 valence electrons. The summed E-state index contributed by atoms with van der Waals surface area (Å²) in [6.07, 6.45) is 0.479. The van der Waals surface area contributed by atoms with Crippen molar-refractivity contribution in [2.75, 3.05) is 22.4 Å². The number of ether oxygens (including phenoxy) is 1. The van der Waals surface area contributed by atoms with Gasteiger partial charge in [0.05, 0.1) is 11.3 Å². The van der Waals surface area contributed by atoms with Crippen molar-refractivity contribution in [2.45, 2.75) is 27.2 Å². The molecule has 7 nitrogen and oxygen atoms in total. The highest BCUT2D eigenvalue weighted by atomic mass is 32.2. The maximum absolute atomic E-state index is 12.2. The van der Waals surface area contributed by atoms with E-state index in [0.717, 1.165) is 11.1 Å². The van der Waals surface area contributed by atoms with E-state index in [-0.39, 0.29) is 17.0 Å². The molecule has 2 rings (SSSR count). The van der Waals surface area contributed by atoms with Crippen LogP contribution < -0.4 is 10.0 Å². The van der Waals surface area contributed by atoms with E-state index < -0.39 is 28.5 Å². The van der Waals surface area contributed by atoms with E-state index >= 15 is 0 Å². The molecule has 0 spiro atoms.